The smallest absolute Gasteiger partial charge is 0.150 e. The lowest BCUT2D eigenvalue weighted by Crippen LogP contribution is -2.38. The van der Waals surface area contributed by atoms with Gasteiger partial charge in [-0.05, 0) is 30.2 Å². The zero-order valence-corrected chi connectivity index (χ0v) is 11.6. The highest BCUT2D eigenvalue weighted by atomic mass is 32.1. The van der Waals surface area contributed by atoms with Crippen LogP contribution in [-0.4, -0.2) is 29.1 Å². The molecule has 0 spiro atoms. The van der Waals surface area contributed by atoms with E-state index in [2.05, 4.69) is 34.1 Å². The van der Waals surface area contributed by atoms with Crippen molar-refractivity contribution >= 4 is 27.4 Å². The highest BCUT2D eigenvalue weighted by Gasteiger charge is 2.32. The van der Waals surface area contributed by atoms with E-state index in [1.807, 2.05) is 0 Å². The number of hydrogen-bond acceptors (Lipinski definition) is 5. The highest BCUT2D eigenvalue weighted by Crippen LogP contribution is 2.35. The monoisotopic (exact) mass is 262 g/mol. The van der Waals surface area contributed by atoms with Crippen molar-refractivity contribution in [3.05, 3.63) is 17.3 Å². The first kappa shape index (κ1) is 11.9. The van der Waals surface area contributed by atoms with Gasteiger partial charge >= 0.3 is 0 Å². The van der Waals surface area contributed by atoms with Crippen molar-refractivity contribution in [2.75, 3.05) is 18.0 Å². The van der Waals surface area contributed by atoms with Crippen LogP contribution in [-0.2, 0) is 0 Å². The van der Waals surface area contributed by atoms with Crippen LogP contribution in [0.5, 0.6) is 0 Å². The number of hydrogen-bond donors (Lipinski definition) is 1. The van der Waals surface area contributed by atoms with Gasteiger partial charge in [-0.2, -0.15) is 0 Å². The van der Waals surface area contributed by atoms with Crippen molar-refractivity contribution in [1.29, 1.82) is 0 Å². The molecule has 1 aliphatic rings. The summed E-state index contributed by atoms with van der Waals surface area (Å²) in [5, 5.41) is 2.15. The van der Waals surface area contributed by atoms with Crippen LogP contribution in [0.4, 0.5) is 5.82 Å². The van der Waals surface area contributed by atoms with E-state index in [1.165, 1.54) is 16.7 Å². The van der Waals surface area contributed by atoms with E-state index in [9.17, 15) is 0 Å². The Hall–Kier alpha value is -1.20. The lowest BCUT2D eigenvalue weighted by molar-refractivity contribution is 0.518. The molecule has 1 aliphatic heterocycles. The normalized spacial score (nSPS) is 24.1. The molecule has 0 saturated carbocycles. The minimum atomic E-state index is 0.408. The zero-order valence-electron chi connectivity index (χ0n) is 10.8. The maximum atomic E-state index is 5.92. The van der Waals surface area contributed by atoms with E-state index >= 15 is 0 Å². The van der Waals surface area contributed by atoms with Gasteiger partial charge in [0.15, 0.2) is 0 Å². The molecule has 3 rings (SSSR count). The van der Waals surface area contributed by atoms with Crippen LogP contribution in [0.15, 0.2) is 11.7 Å². The first-order valence-electron chi connectivity index (χ1n) is 6.38. The third-order valence-electron chi connectivity index (χ3n) is 3.91. The standard InChI is InChI=1S/C13H18N4S/c1-8-3-4-17(10(8)5-14)13-12-11(15-7-16-13)9(2)6-18-12/h6-8,10H,3-5,14H2,1-2H3. The quantitative estimate of drug-likeness (QED) is 0.901. The minimum Gasteiger partial charge on any atom is -0.351 e. The molecule has 2 aromatic rings. The fourth-order valence-corrected chi connectivity index (χ4v) is 3.80. The first-order valence-corrected chi connectivity index (χ1v) is 7.26. The number of nitrogens with two attached hydrogens (primary N) is 1. The summed E-state index contributed by atoms with van der Waals surface area (Å²) in [6.07, 6.45) is 2.87. The van der Waals surface area contributed by atoms with Gasteiger partial charge < -0.3 is 10.6 Å². The summed E-state index contributed by atoms with van der Waals surface area (Å²) < 4.78 is 1.20. The number of aryl methyl sites for hydroxylation is 1. The molecule has 1 saturated heterocycles. The largest absolute Gasteiger partial charge is 0.351 e. The Labute approximate surface area is 111 Å². The number of thiophene rings is 1. The predicted molar refractivity (Wildman–Crippen MR) is 76.1 cm³/mol. The number of fused-ring (bicyclic) bond motifs is 1. The number of rotatable bonds is 2. The van der Waals surface area contributed by atoms with Crippen LogP contribution in [0.2, 0.25) is 0 Å². The van der Waals surface area contributed by atoms with Crippen molar-refractivity contribution in [1.82, 2.24) is 9.97 Å². The van der Waals surface area contributed by atoms with Gasteiger partial charge in [0.05, 0.1) is 10.2 Å². The highest BCUT2D eigenvalue weighted by molar-refractivity contribution is 7.18. The third-order valence-corrected chi connectivity index (χ3v) is 4.99. The van der Waals surface area contributed by atoms with E-state index in [0.29, 0.717) is 18.5 Å². The molecule has 0 aromatic carbocycles. The van der Waals surface area contributed by atoms with Gasteiger partial charge in [0.1, 0.15) is 12.1 Å². The Kier molecular flexibility index (Phi) is 2.95. The summed E-state index contributed by atoms with van der Waals surface area (Å²) in [6.45, 7) is 6.11. The first-order chi connectivity index (χ1) is 8.72. The average molecular weight is 262 g/mol. The SMILES string of the molecule is Cc1csc2c(N3CCC(C)C3CN)ncnc12. The van der Waals surface area contributed by atoms with Gasteiger partial charge in [0.2, 0.25) is 0 Å². The Balaban J connectivity index is 2.09. The Morgan fingerprint density at radius 2 is 2.33 bits per heavy atom. The Bertz CT molecular complexity index is 565. The minimum absolute atomic E-state index is 0.408. The van der Waals surface area contributed by atoms with Crippen LogP contribution in [0.3, 0.4) is 0 Å². The van der Waals surface area contributed by atoms with Crippen LogP contribution < -0.4 is 10.6 Å². The van der Waals surface area contributed by atoms with Crippen molar-refractivity contribution in [3.8, 4) is 0 Å². The molecule has 0 amide bonds. The molecule has 2 atom stereocenters. The second kappa shape index (κ2) is 4.48. The molecule has 2 N–H and O–H groups in total. The summed E-state index contributed by atoms with van der Waals surface area (Å²) >= 11 is 1.73. The van der Waals surface area contributed by atoms with Crippen LogP contribution in [0, 0.1) is 12.8 Å². The van der Waals surface area contributed by atoms with Crippen molar-refractivity contribution in [2.45, 2.75) is 26.3 Å². The number of anilines is 1. The molecule has 96 valence electrons. The maximum absolute atomic E-state index is 5.92. The van der Waals surface area contributed by atoms with Gasteiger partial charge in [0, 0.05) is 19.1 Å². The molecule has 1 fully saturated rings. The molecule has 2 unspecified atom stereocenters. The second-order valence-electron chi connectivity index (χ2n) is 5.06. The van der Waals surface area contributed by atoms with E-state index in [0.717, 1.165) is 17.9 Å². The summed E-state index contributed by atoms with van der Waals surface area (Å²) in [7, 11) is 0. The third kappa shape index (κ3) is 1.69. The van der Waals surface area contributed by atoms with E-state index < -0.39 is 0 Å². The van der Waals surface area contributed by atoms with E-state index in [1.54, 1.807) is 17.7 Å². The van der Waals surface area contributed by atoms with E-state index in [-0.39, 0.29) is 0 Å². The summed E-state index contributed by atoms with van der Waals surface area (Å²) in [5.41, 5.74) is 8.23. The lowest BCUT2D eigenvalue weighted by Gasteiger charge is -2.26. The van der Waals surface area contributed by atoms with Gasteiger partial charge in [-0.25, -0.2) is 9.97 Å². The average Bonchev–Trinajstić information content (AvgIpc) is 2.93. The molecule has 3 heterocycles. The van der Waals surface area contributed by atoms with Gasteiger partial charge in [-0.15, -0.1) is 11.3 Å². The van der Waals surface area contributed by atoms with Gasteiger partial charge in [-0.1, -0.05) is 6.92 Å². The fraction of sp³-hybridized carbons (Fsp3) is 0.538. The van der Waals surface area contributed by atoms with Crippen LogP contribution in [0.25, 0.3) is 10.2 Å². The summed E-state index contributed by atoms with van der Waals surface area (Å²) in [4.78, 5) is 11.3. The molecule has 4 nitrogen and oxygen atoms in total. The van der Waals surface area contributed by atoms with Crippen LogP contribution in [0.1, 0.15) is 18.9 Å². The fourth-order valence-electron chi connectivity index (χ4n) is 2.79. The predicted octanol–water partition coefficient (Wildman–Crippen LogP) is 2.17. The molecular weight excluding hydrogens is 244 g/mol. The van der Waals surface area contributed by atoms with Crippen LogP contribution >= 0.6 is 11.3 Å². The molecule has 0 radical (unpaired) electrons. The van der Waals surface area contributed by atoms with Gasteiger partial charge in [-0.3, -0.25) is 0 Å². The lowest BCUT2D eigenvalue weighted by atomic mass is 10.0. The zero-order chi connectivity index (χ0) is 12.7. The topological polar surface area (TPSA) is 55.0 Å². The van der Waals surface area contributed by atoms with Gasteiger partial charge in [0.25, 0.3) is 0 Å². The molecule has 18 heavy (non-hydrogen) atoms. The summed E-state index contributed by atoms with van der Waals surface area (Å²) in [5.74, 6) is 1.71. The molecule has 0 bridgehead atoms. The number of nitrogens with zero attached hydrogens (tertiary/aromatic N) is 3. The van der Waals surface area contributed by atoms with Crippen molar-refractivity contribution in [3.63, 3.8) is 0 Å². The Morgan fingerprint density at radius 3 is 3.11 bits per heavy atom. The van der Waals surface area contributed by atoms with Crippen molar-refractivity contribution < 1.29 is 0 Å². The Morgan fingerprint density at radius 1 is 1.50 bits per heavy atom. The van der Waals surface area contributed by atoms with Crippen molar-refractivity contribution in [2.24, 2.45) is 11.7 Å². The summed E-state index contributed by atoms with van der Waals surface area (Å²) in [6, 6.07) is 0.408. The molecule has 0 aliphatic carbocycles. The van der Waals surface area contributed by atoms with E-state index in [4.69, 9.17) is 5.73 Å². The molecular formula is C13H18N4S. The number of aromatic nitrogens is 2. The maximum Gasteiger partial charge on any atom is 0.150 e. The molecule has 5 heteroatoms. The molecule has 2 aromatic heterocycles. The second-order valence-corrected chi connectivity index (χ2v) is 5.94.